The van der Waals surface area contributed by atoms with E-state index in [4.69, 9.17) is 0 Å². The highest BCUT2D eigenvalue weighted by Crippen LogP contribution is 2.27. The second-order valence-corrected chi connectivity index (χ2v) is 5.73. The zero-order valence-electron chi connectivity index (χ0n) is 11.1. The lowest BCUT2D eigenvalue weighted by atomic mass is 10.2. The van der Waals surface area contributed by atoms with Gasteiger partial charge in [-0.15, -0.1) is 11.8 Å². The van der Waals surface area contributed by atoms with E-state index in [1.54, 1.807) is 0 Å². The standard InChI is InChI=1S/C14H19N3S/c1-10(2)8-9-18-13-11-6-4-5-7-12(11)16-14(15-3)17-13/h4-7,10H,8-9H2,1-3H3,(H,15,16,17). The zero-order chi connectivity index (χ0) is 13.0. The first-order valence-corrected chi connectivity index (χ1v) is 7.26. The molecule has 0 aliphatic carbocycles. The molecule has 0 amide bonds. The van der Waals surface area contributed by atoms with Crippen molar-refractivity contribution in [2.45, 2.75) is 25.3 Å². The fourth-order valence-electron chi connectivity index (χ4n) is 1.66. The van der Waals surface area contributed by atoms with Gasteiger partial charge in [0.2, 0.25) is 5.95 Å². The number of thioether (sulfide) groups is 1. The van der Waals surface area contributed by atoms with E-state index in [1.165, 1.54) is 6.42 Å². The van der Waals surface area contributed by atoms with Crippen molar-refractivity contribution >= 4 is 28.6 Å². The molecule has 1 aromatic carbocycles. The van der Waals surface area contributed by atoms with Crippen LogP contribution in [0.4, 0.5) is 5.95 Å². The summed E-state index contributed by atoms with van der Waals surface area (Å²) in [7, 11) is 1.85. The van der Waals surface area contributed by atoms with Gasteiger partial charge in [-0.05, 0) is 24.2 Å². The van der Waals surface area contributed by atoms with Gasteiger partial charge in [0.05, 0.1) is 5.52 Å². The Morgan fingerprint density at radius 3 is 2.72 bits per heavy atom. The molecule has 0 aliphatic heterocycles. The highest BCUT2D eigenvalue weighted by Gasteiger charge is 2.07. The Hall–Kier alpha value is -1.29. The average molecular weight is 261 g/mol. The van der Waals surface area contributed by atoms with E-state index in [1.807, 2.05) is 37.0 Å². The molecule has 0 saturated heterocycles. The lowest BCUT2D eigenvalue weighted by Crippen LogP contribution is -1.99. The van der Waals surface area contributed by atoms with E-state index in [0.717, 1.165) is 27.6 Å². The summed E-state index contributed by atoms with van der Waals surface area (Å²) in [6.45, 7) is 4.50. The summed E-state index contributed by atoms with van der Waals surface area (Å²) in [5, 5.41) is 5.24. The second kappa shape index (κ2) is 6.05. The second-order valence-electron chi connectivity index (χ2n) is 4.65. The van der Waals surface area contributed by atoms with Gasteiger partial charge in [-0.25, -0.2) is 9.97 Å². The summed E-state index contributed by atoms with van der Waals surface area (Å²) in [4.78, 5) is 9.02. The SMILES string of the molecule is CNc1nc(SCCC(C)C)c2ccccc2n1. The topological polar surface area (TPSA) is 37.8 Å². The van der Waals surface area contributed by atoms with E-state index in [-0.39, 0.29) is 0 Å². The molecule has 4 heteroatoms. The average Bonchev–Trinajstić information content (AvgIpc) is 2.38. The number of nitrogens with zero attached hydrogens (tertiary/aromatic N) is 2. The lowest BCUT2D eigenvalue weighted by molar-refractivity contribution is 0.632. The molecule has 3 nitrogen and oxygen atoms in total. The Balaban J connectivity index is 2.29. The number of nitrogens with one attached hydrogen (secondary N) is 1. The molecule has 0 bridgehead atoms. The van der Waals surface area contributed by atoms with Crippen LogP contribution in [0.2, 0.25) is 0 Å². The van der Waals surface area contributed by atoms with Crippen LogP contribution in [0.5, 0.6) is 0 Å². The van der Waals surface area contributed by atoms with E-state index in [9.17, 15) is 0 Å². The number of rotatable bonds is 5. The first-order chi connectivity index (χ1) is 8.70. The number of fused-ring (bicyclic) bond motifs is 1. The molecule has 0 spiro atoms. The van der Waals surface area contributed by atoms with Gasteiger partial charge in [0.1, 0.15) is 5.03 Å². The number of benzene rings is 1. The van der Waals surface area contributed by atoms with Crippen LogP contribution in [0.15, 0.2) is 29.3 Å². The van der Waals surface area contributed by atoms with Gasteiger partial charge in [0, 0.05) is 12.4 Å². The summed E-state index contributed by atoms with van der Waals surface area (Å²) >= 11 is 1.82. The van der Waals surface area contributed by atoms with Gasteiger partial charge in [-0.1, -0.05) is 32.0 Å². The maximum atomic E-state index is 4.56. The molecule has 0 unspecified atom stereocenters. The Morgan fingerprint density at radius 2 is 2.00 bits per heavy atom. The van der Waals surface area contributed by atoms with Crippen LogP contribution in [-0.2, 0) is 0 Å². The van der Waals surface area contributed by atoms with Gasteiger partial charge in [0.25, 0.3) is 0 Å². The van der Waals surface area contributed by atoms with Crippen LogP contribution in [0.25, 0.3) is 10.9 Å². The molecule has 1 heterocycles. The van der Waals surface area contributed by atoms with E-state index < -0.39 is 0 Å². The maximum Gasteiger partial charge on any atom is 0.224 e. The van der Waals surface area contributed by atoms with Crippen molar-refractivity contribution in [2.24, 2.45) is 5.92 Å². The maximum absolute atomic E-state index is 4.56. The minimum Gasteiger partial charge on any atom is -0.357 e. The third-order valence-corrected chi connectivity index (χ3v) is 3.75. The Morgan fingerprint density at radius 1 is 1.22 bits per heavy atom. The quantitative estimate of drug-likeness (QED) is 0.656. The zero-order valence-corrected chi connectivity index (χ0v) is 11.9. The molecular formula is C14H19N3S. The highest BCUT2D eigenvalue weighted by molar-refractivity contribution is 7.99. The largest absolute Gasteiger partial charge is 0.357 e. The molecule has 1 N–H and O–H groups in total. The van der Waals surface area contributed by atoms with Crippen LogP contribution in [0, 0.1) is 5.92 Å². The van der Waals surface area contributed by atoms with Gasteiger partial charge in [-0.2, -0.15) is 0 Å². The first-order valence-electron chi connectivity index (χ1n) is 6.28. The van der Waals surface area contributed by atoms with Crippen LogP contribution in [0.3, 0.4) is 0 Å². The van der Waals surface area contributed by atoms with E-state index >= 15 is 0 Å². The minimum absolute atomic E-state index is 0.695. The van der Waals surface area contributed by atoms with Crippen molar-refractivity contribution in [1.82, 2.24) is 9.97 Å². The highest BCUT2D eigenvalue weighted by atomic mass is 32.2. The summed E-state index contributed by atoms with van der Waals surface area (Å²) in [6, 6.07) is 8.17. The molecule has 18 heavy (non-hydrogen) atoms. The van der Waals surface area contributed by atoms with Crippen molar-refractivity contribution in [2.75, 3.05) is 18.1 Å². The van der Waals surface area contributed by atoms with Gasteiger partial charge in [0.15, 0.2) is 0 Å². The molecule has 0 aliphatic rings. The minimum atomic E-state index is 0.695. The van der Waals surface area contributed by atoms with Crippen LogP contribution < -0.4 is 5.32 Å². The third-order valence-electron chi connectivity index (χ3n) is 2.73. The molecule has 2 aromatic rings. The number of anilines is 1. The third kappa shape index (κ3) is 3.13. The number of hydrogen-bond acceptors (Lipinski definition) is 4. The lowest BCUT2D eigenvalue weighted by Gasteiger charge is -2.08. The number of para-hydroxylation sites is 1. The molecule has 2 rings (SSSR count). The van der Waals surface area contributed by atoms with Crippen molar-refractivity contribution < 1.29 is 0 Å². The molecule has 0 fully saturated rings. The molecule has 1 aromatic heterocycles. The number of hydrogen-bond donors (Lipinski definition) is 1. The first kappa shape index (κ1) is 13.1. The summed E-state index contributed by atoms with van der Waals surface area (Å²) in [5.41, 5.74) is 1.00. The number of aromatic nitrogens is 2. The molecule has 96 valence electrons. The van der Waals surface area contributed by atoms with Crippen LogP contribution in [-0.4, -0.2) is 22.8 Å². The van der Waals surface area contributed by atoms with Crippen LogP contribution in [0.1, 0.15) is 20.3 Å². The Labute approximate surface area is 112 Å². The van der Waals surface area contributed by atoms with Crippen molar-refractivity contribution in [1.29, 1.82) is 0 Å². The van der Waals surface area contributed by atoms with E-state index in [2.05, 4.69) is 35.2 Å². The molecular weight excluding hydrogens is 242 g/mol. The van der Waals surface area contributed by atoms with Gasteiger partial charge in [-0.3, -0.25) is 0 Å². The predicted molar refractivity (Wildman–Crippen MR) is 79.3 cm³/mol. The Bertz CT molecular complexity index is 525. The Kier molecular flexibility index (Phi) is 4.42. The fraction of sp³-hybridized carbons (Fsp3) is 0.429. The van der Waals surface area contributed by atoms with Crippen molar-refractivity contribution in [3.63, 3.8) is 0 Å². The monoisotopic (exact) mass is 261 g/mol. The van der Waals surface area contributed by atoms with Crippen molar-refractivity contribution in [3.8, 4) is 0 Å². The molecule has 0 atom stereocenters. The van der Waals surface area contributed by atoms with Crippen molar-refractivity contribution in [3.05, 3.63) is 24.3 Å². The van der Waals surface area contributed by atoms with Gasteiger partial charge >= 0.3 is 0 Å². The predicted octanol–water partition coefficient (Wildman–Crippen LogP) is 3.81. The fourth-order valence-corrected chi connectivity index (χ4v) is 2.92. The normalized spacial score (nSPS) is 11.1. The van der Waals surface area contributed by atoms with E-state index in [0.29, 0.717) is 5.95 Å². The summed E-state index contributed by atoms with van der Waals surface area (Å²) in [5.74, 6) is 2.53. The molecule has 0 saturated carbocycles. The van der Waals surface area contributed by atoms with Crippen LogP contribution >= 0.6 is 11.8 Å². The smallest absolute Gasteiger partial charge is 0.224 e. The molecule has 0 radical (unpaired) electrons. The summed E-state index contributed by atoms with van der Waals surface area (Å²) in [6.07, 6.45) is 1.21. The summed E-state index contributed by atoms with van der Waals surface area (Å²) < 4.78 is 0. The van der Waals surface area contributed by atoms with Gasteiger partial charge < -0.3 is 5.32 Å².